The number of morpholine rings is 1. The summed E-state index contributed by atoms with van der Waals surface area (Å²) in [5.74, 6) is 0.0435. The zero-order valence-electron chi connectivity index (χ0n) is 15.9. The van der Waals surface area contributed by atoms with Crippen molar-refractivity contribution in [2.24, 2.45) is 0 Å². The van der Waals surface area contributed by atoms with E-state index in [1.54, 1.807) is 6.20 Å². The van der Waals surface area contributed by atoms with Gasteiger partial charge >= 0.3 is 0 Å². The first-order valence-corrected chi connectivity index (χ1v) is 9.56. The van der Waals surface area contributed by atoms with Crippen molar-refractivity contribution in [2.75, 3.05) is 43.4 Å². The molecule has 0 saturated carbocycles. The molecular weight excluding hydrogens is 376 g/mol. The van der Waals surface area contributed by atoms with Gasteiger partial charge in [0.15, 0.2) is 0 Å². The zero-order chi connectivity index (χ0) is 18.7. The predicted octanol–water partition coefficient (Wildman–Crippen LogP) is 2.53. The van der Waals surface area contributed by atoms with E-state index in [4.69, 9.17) is 10.5 Å². The number of nitrogen functional groups attached to an aromatic ring is 1. The third kappa shape index (κ3) is 4.63. The molecule has 2 aliphatic heterocycles. The van der Waals surface area contributed by atoms with E-state index in [9.17, 15) is 4.79 Å². The van der Waals surface area contributed by atoms with E-state index in [2.05, 4.69) is 9.88 Å². The monoisotopic (exact) mass is 402 g/mol. The SMILES string of the molecule is Cl.Nc1ccnc(CCN2CCC3(CC2)CN(c2ccccc2)C(=O)CO3)c1. The van der Waals surface area contributed by atoms with Crippen LogP contribution >= 0.6 is 12.4 Å². The Morgan fingerprint density at radius 3 is 2.61 bits per heavy atom. The molecule has 6 nitrogen and oxygen atoms in total. The number of halogens is 1. The predicted molar refractivity (Wildman–Crippen MR) is 113 cm³/mol. The number of piperidine rings is 1. The van der Waals surface area contributed by atoms with Crippen molar-refractivity contribution in [3.05, 3.63) is 54.4 Å². The molecule has 0 atom stereocenters. The summed E-state index contributed by atoms with van der Waals surface area (Å²) in [7, 11) is 0. The van der Waals surface area contributed by atoms with Gasteiger partial charge in [-0.1, -0.05) is 18.2 Å². The van der Waals surface area contributed by atoms with Crippen molar-refractivity contribution >= 4 is 29.7 Å². The molecule has 0 unspecified atom stereocenters. The molecule has 2 saturated heterocycles. The lowest BCUT2D eigenvalue weighted by atomic mass is 9.89. The van der Waals surface area contributed by atoms with Crippen LogP contribution in [0.4, 0.5) is 11.4 Å². The van der Waals surface area contributed by atoms with Gasteiger partial charge in [-0.2, -0.15) is 0 Å². The topological polar surface area (TPSA) is 71.7 Å². The molecule has 1 amide bonds. The van der Waals surface area contributed by atoms with E-state index in [0.29, 0.717) is 6.54 Å². The minimum absolute atomic E-state index is 0. The molecule has 4 rings (SSSR count). The van der Waals surface area contributed by atoms with Gasteiger partial charge in [0.1, 0.15) is 6.61 Å². The summed E-state index contributed by atoms with van der Waals surface area (Å²) in [5.41, 5.74) is 8.36. The molecule has 2 aliphatic rings. The van der Waals surface area contributed by atoms with Crippen LogP contribution in [0.5, 0.6) is 0 Å². The Kier molecular flexibility index (Phi) is 6.54. The van der Waals surface area contributed by atoms with Gasteiger partial charge in [-0.25, -0.2) is 0 Å². The van der Waals surface area contributed by atoms with E-state index in [1.165, 1.54) is 0 Å². The zero-order valence-corrected chi connectivity index (χ0v) is 16.7. The number of rotatable bonds is 4. The number of likely N-dealkylation sites (tertiary alicyclic amines) is 1. The molecule has 0 aliphatic carbocycles. The highest BCUT2D eigenvalue weighted by molar-refractivity contribution is 5.95. The van der Waals surface area contributed by atoms with E-state index in [-0.39, 0.29) is 30.5 Å². The van der Waals surface area contributed by atoms with Crippen molar-refractivity contribution in [2.45, 2.75) is 24.9 Å². The third-order valence-corrected chi connectivity index (χ3v) is 5.61. The number of hydrogen-bond donors (Lipinski definition) is 1. The Bertz CT molecular complexity index is 794. The summed E-state index contributed by atoms with van der Waals surface area (Å²) in [6.45, 7) is 3.72. The number of hydrogen-bond acceptors (Lipinski definition) is 5. The number of carbonyl (C=O) groups is 1. The van der Waals surface area contributed by atoms with Crippen LogP contribution in [-0.4, -0.2) is 54.2 Å². The molecule has 2 aromatic rings. The van der Waals surface area contributed by atoms with Gasteiger partial charge in [0.05, 0.1) is 12.1 Å². The average Bonchev–Trinajstić information content (AvgIpc) is 2.70. The van der Waals surface area contributed by atoms with Crippen LogP contribution in [-0.2, 0) is 16.0 Å². The number of ether oxygens (including phenoxy) is 1. The standard InChI is InChI=1S/C21H26N4O2.ClH/c22-17-6-10-23-18(14-17)7-11-24-12-8-21(9-13-24)16-25(20(26)15-27-21)19-4-2-1-3-5-19;/h1-6,10,14H,7-9,11-13,15-16H2,(H2,22,23);1H. The van der Waals surface area contributed by atoms with Gasteiger partial charge in [0, 0.05) is 49.3 Å². The second kappa shape index (κ2) is 8.90. The maximum Gasteiger partial charge on any atom is 0.253 e. The van der Waals surface area contributed by atoms with Crippen molar-refractivity contribution in [3.63, 3.8) is 0 Å². The summed E-state index contributed by atoms with van der Waals surface area (Å²) in [4.78, 5) is 21.1. The van der Waals surface area contributed by atoms with Crippen molar-refractivity contribution in [3.8, 4) is 0 Å². The fourth-order valence-corrected chi connectivity index (χ4v) is 3.95. The van der Waals surface area contributed by atoms with Gasteiger partial charge in [-0.15, -0.1) is 12.4 Å². The lowest BCUT2D eigenvalue weighted by Gasteiger charge is -2.47. The molecule has 0 radical (unpaired) electrons. The van der Waals surface area contributed by atoms with E-state index in [1.807, 2.05) is 47.4 Å². The summed E-state index contributed by atoms with van der Waals surface area (Å²) in [6.07, 6.45) is 4.54. The molecule has 0 bridgehead atoms. The summed E-state index contributed by atoms with van der Waals surface area (Å²) in [6, 6.07) is 13.6. The van der Waals surface area contributed by atoms with Crippen LogP contribution in [0.2, 0.25) is 0 Å². The number of amides is 1. The highest BCUT2D eigenvalue weighted by Gasteiger charge is 2.42. The number of pyridine rings is 1. The quantitative estimate of drug-likeness (QED) is 0.850. The number of para-hydroxylation sites is 1. The minimum atomic E-state index is -0.227. The smallest absolute Gasteiger partial charge is 0.253 e. The first kappa shape index (κ1) is 20.6. The van der Waals surface area contributed by atoms with Crippen LogP contribution in [0, 0.1) is 0 Å². The maximum atomic E-state index is 12.3. The lowest BCUT2D eigenvalue weighted by Crippen LogP contribution is -2.59. The second-order valence-corrected chi connectivity index (χ2v) is 7.46. The van der Waals surface area contributed by atoms with Crippen LogP contribution in [0.3, 0.4) is 0 Å². The molecule has 150 valence electrons. The third-order valence-electron chi connectivity index (χ3n) is 5.61. The highest BCUT2D eigenvalue weighted by atomic mass is 35.5. The van der Waals surface area contributed by atoms with Crippen molar-refractivity contribution < 1.29 is 9.53 Å². The van der Waals surface area contributed by atoms with Gasteiger partial charge in [0.2, 0.25) is 0 Å². The average molecular weight is 403 g/mol. The van der Waals surface area contributed by atoms with Gasteiger partial charge in [-0.3, -0.25) is 9.78 Å². The Balaban J connectivity index is 0.00000225. The highest BCUT2D eigenvalue weighted by Crippen LogP contribution is 2.32. The van der Waals surface area contributed by atoms with Crippen molar-refractivity contribution in [1.29, 1.82) is 0 Å². The van der Waals surface area contributed by atoms with Crippen LogP contribution in [0.1, 0.15) is 18.5 Å². The molecule has 28 heavy (non-hydrogen) atoms. The molecule has 1 aromatic carbocycles. The first-order chi connectivity index (χ1) is 13.1. The van der Waals surface area contributed by atoms with E-state index < -0.39 is 0 Å². The molecule has 2 fully saturated rings. The molecule has 1 aromatic heterocycles. The summed E-state index contributed by atoms with van der Waals surface area (Å²) >= 11 is 0. The van der Waals surface area contributed by atoms with E-state index in [0.717, 1.165) is 56.0 Å². The summed E-state index contributed by atoms with van der Waals surface area (Å²) < 4.78 is 6.05. The Morgan fingerprint density at radius 1 is 1.14 bits per heavy atom. The number of nitrogens with zero attached hydrogens (tertiary/aromatic N) is 3. The fourth-order valence-electron chi connectivity index (χ4n) is 3.95. The molecule has 3 heterocycles. The van der Waals surface area contributed by atoms with Crippen LogP contribution in [0.25, 0.3) is 0 Å². The molecule has 2 N–H and O–H groups in total. The van der Waals surface area contributed by atoms with Crippen molar-refractivity contribution in [1.82, 2.24) is 9.88 Å². The Labute approximate surface area is 172 Å². The minimum Gasteiger partial charge on any atom is -0.399 e. The Morgan fingerprint density at radius 2 is 1.89 bits per heavy atom. The van der Waals surface area contributed by atoms with Crippen LogP contribution < -0.4 is 10.6 Å². The number of benzene rings is 1. The van der Waals surface area contributed by atoms with Crippen LogP contribution in [0.15, 0.2) is 48.7 Å². The van der Waals surface area contributed by atoms with Gasteiger partial charge in [0.25, 0.3) is 5.91 Å². The summed E-state index contributed by atoms with van der Waals surface area (Å²) in [5, 5.41) is 0. The van der Waals surface area contributed by atoms with E-state index >= 15 is 0 Å². The number of carbonyl (C=O) groups excluding carboxylic acids is 1. The lowest BCUT2D eigenvalue weighted by molar-refractivity contribution is -0.144. The number of nitrogens with two attached hydrogens (primary N) is 1. The van der Waals surface area contributed by atoms with Gasteiger partial charge < -0.3 is 20.3 Å². The second-order valence-electron chi connectivity index (χ2n) is 7.46. The normalized spacial score (nSPS) is 19.4. The van der Waals surface area contributed by atoms with Gasteiger partial charge in [-0.05, 0) is 37.1 Å². The first-order valence-electron chi connectivity index (χ1n) is 9.56. The molecule has 1 spiro atoms. The largest absolute Gasteiger partial charge is 0.399 e. The molecular formula is C21H27ClN4O2. The maximum absolute atomic E-state index is 12.3. The fraction of sp³-hybridized carbons (Fsp3) is 0.429. The number of anilines is 2. The number of aromatic nitrogens is 1. The molecule has 7 heteroatoms. The Hall–Kier alpha value is -2.15.